The molecule has 1 atom stereocenters. The molecule has 1 aliphatic heterocycles. The second-order valence-electron chi connectivity index (χ2n) is 5.98. The van der Waals surface area contributed by atoms with Gasteiger partial charge in [0.05, 0.1) is 12.2 Å². The lowest BCUT2D eigenvalue weighted by Crippen LogP contribution is -2.46. The number of aromatic nitrogens is 1. The van der Waals surface area contributed by atoms with Crippen LogP contribution in [0.3, 0.4) is 0 Å². The molecule has 0 saturated carbocycles. The van der Waals surface area contributed by atoms with E-state index in [2.05, 4.69) is 21.9 Å². The van der Waals surface area contributed by atoms with Gasteiger partial charge in [-0.25, -0.2) is 4.39 Å². The first-order valence-electron chi connectivity index (χ1n) is 7.76. The van der Waals surface area contributed by atoms with Gasteiger partial charge in [0.15, 0.2) is 5.76 Å². The van der Waals surface area contributed by atoms with Crippen LogP contribution in [0.5, 0.6) is 0 Å². The molecule has 22 heavy (non-hydrogen) atoms. The van der Waals surface area contributed by atoms with Crippen LogP contribution in [0.15, 0.2) is 34.9 Å². The summed E-state index contributed by atoms with van der Waals surface area (Å²) in [5, 5.41) is 3.93. The number of halogens is 1. The van der Waals surface area contributed by atoms with E-state index in [1.54, 1.807) is 12.1 Å². The van der Waals surface area contributed by atoms with E-state index in [1.807, 2.05) is 19.1 Å². The van der Waals surface area contributed by atoms with Crippen LogP contribution in [0, 0.1) is 12.7 Å². The van der Waals surface area contributed by atoms with Crippen molar-refractivity contribution in [1.82, 2.24) is 15.0 Å². The lowest BCUT2D eigenvalue weighted by molar-refractivity contribution is 0.0916. The van der Waals surface area contributed by atoms with Crippen molar-refractivity contribution in [3.05, 3.63) is 53.2 Å². The van der Waals surface area contributed by atoms with Crippen molar-refractivity contribution < 1.29 is 8.91 Å². The third-order valence-electron chi connectivity index (χ3n) is 4.34. The van der Waals surface area contributed by atoms with E-state index < -0.39 is 0 Å². The lowest BCUT2D eigenvalue weighted by atomic mass is 10.1. The van der Waals surface area contributed by atoms with Crippen LogP contribution in [-0.4, -0.2) is 41.1 Å². The van der Waals surface area contributed by atoms with Crippen LogP contribution in [0.1, 0.15) is 30.0 Å². The minimum absolute atomic E-state index is 0.163. The molecule has 1 unspecified atom stereocenters. The Morgan fingerprint density at radius 1 is 1.23 bits per heavy atom. The highest BCUT2D eigenvalue weighted by molar-refractivity contribution is 5.19. The number of rotatable bonds is 4. The summed E-state index contributed by atoms with van der Waals surface area (Å²) in [4.78, 5) is 4.77. The third-order valence-corrected chi connectivity index (χ3v) is 4.34. The number of hydrogen-bond acceptors (Lipinski definition) is 4. The van der Waals surface area contributed by atoms with Crippen LogP contribution in [0.4, 0.5) is 4.39 Å². The molecule has 3 rings (SSSR count). The van der Waals surface area contributed by atoms with Gasteiger partial charge in [0.1, 0.15) is 5.82 Å². The SMILES string of the molecule is Cc1cc(CN2CCN(C(C)c3cccc(F)c3)CC2)on1. The van der Waals surface area contributed by atoms with Gasteiger partial charge in [-0.2, -0.15) is 0 Å². The average molecular weight is 303 g/mol. The molecule has 0 amide bonds. The van der Waals surface area contributed by atoms with Crippen LogP contribution >= 0.6 is 0 Å². The van der Waals surface area contributed by atoms with Crippen molar-refractivity contribution in [1.29, 1.82) is 0 Å². The molecule has 5 heteroatoms. The average Bonchev–Trinajstić information content (AvgIpc) is 2.92. The highest BCUT2D eigenvalue weighted by Crippen LogP contribution is 2.22. The summed E-state index contributed by atoms with van der Waals surface area (Å²) in [6.07, 6.45) is 0. The van der Waals surface area contributed by atoms with Gasteiger partial charge in [-0.05, 0) is 31.5 Å². The Morgan fingerprint density at radius 2 is 2.00 bits per heavy atom. The number of nitrogens with zero attached hydrogens (tertiary/aromatic N) is 3. The minimum atomic E-state index is -0.163. The van der Waals surface area contributed by atoms with E-state index in [9.17, 15) is 4.39 Å². The summed E-state index contributed by atoms with van der Waals surface area (Å²) >= 11 is 0. The maximum atomic E-state index is 13.4. The highest BCUT2D eigenvalue weighted by Gasteiger charge is 2.23. The molecule has 0 N–H and O–H groups in total. The molecule has 1 aromatic heterocycles. The van der Waals surface area contributed by atoms with Crippen LogP contribution in [0.25, 0.3) is 0 Å². The summed E-state index contributed by atoms with van der Waals surface area (Å²) in [6, 6.07) is 9.13. The number of aryl methyl sites for hydroxylation is 1. The summed E-state index contributed by atoms with van der Waals surface area (Å²) in [5.74, 6) is 0.757. The molecule has 0 spiro atoms. The van der Waals surface area contributed by atoms with Crippen molar-refractivity contribution in [2.75, 3.05) is 26.2 Å². The van der Waals surface area contributed by atoms with Crippen molar-refractivity contribution >= 4 is 0 Å². The summed E-state index contributed by atoms with van der Waals surface area (Å²) in [7, 11) is 0. The monoisotopic (exact) mass is 303 g/mol. The van der Waals surface area contributed by atoms with Gasteiger partial charge in [-0.3, -0.25) is 9.80 Å². The molecule has 0 bridgehead atoms. The van der Waals surface area contributed by atoms with Gasteiger partial charge in [0, 0.05) is 38.3 Å². The Labute approximate surface area is 130 Å². The molecule has 0 aliphatic carbocycles. The van der Waals surface area contributed by atoms with E-state index in [1.165, 1.54) is 6.07 Å². The molecule has 1 aliphatic rings. The number of piperazine rings is 1. The Bertz CT molecular complexity index is 620. The van der Waals surface area contributed by atoms with E-state index in [0.717, 1.165) is 49.7 Å². The molecule has 1 saturated heterocycles. The maximum Gasteiger partial charge on any atom is 0.150 e. The zero-order valence-electron chi connectivity index (χ0n) is 13.1. The molecule has 1 fully saturated rings. The summed E-state index contributed by atoms with van der Waals surface area (Å²) in [5.41, 5.74) is 1.97. The van der Waals surface area contributed by atoms with Crippen LogP contribution in [-0.2, 0) is 6.54 Å². The van der Waals surface area contributed by atoms with Gasteiger partial charge in [-0.15, -0.1) is 0 Å². The normalized spacial score (nSPS) is 18.5. The van der Waals surface area contributed by atoms with Crippen molar-refractivity contribution in [3.63, 3.8) is 0 Å². The first kappa shape index (κ1) is 15.2. The lowest BCUT2D eigenvalue weighted by Gasteiger charge is -2.37. The molecular formula is C17H22FN3O. The maximum absolute atomic E-state index is 13.4. The third kappa shape index (κ3) is 3.54. The van der Waals surface area contributed by atoms with Crippen LogP contribution in [0.2, 0.25) is 0 Å². The summed E-state index contributed by atoms with van der Waals surface area (Å²) < 4.78 is 18.6. The predicted octanol–water partition coefficient (Wildman–Crippen LogP) is 3.00. The van der Waals surface area contributed by atoms with E-state index >= 15 is 0 Å². The second kappa shape index (κ2) is 6.58. The van der Waals surface area contributed by atoms with E-state index in [0.29, 0.717) is 0 Å². The van der Waals surface area contributed by atoms with Crippen molar-refractivity contribution in [2.24, 2.45) is 0 Å². The fourth-order valence-corrected chi connectivity index (χ4v) is 3.00. The van der Waals surface area contributed by atoms with Crippen molar-refractivity contribution in [3.8, 4) is 0 Å². The van der Waals surface area contributed by atoms with Gasteiger partial charge >= 0.3 is 0 Å². The minimum Gasteiger partial charge on any atom is -0.360 e. The standard InChI is InChI=1S/C17H22FN3O/c1-13-10-17(22-19-13)12-20-6-8-21(9-7-20)14(2)15-4-3-5-16(18)11-15/h3-5,10-11,14H,6-9,12H2,1-2H3. The number of hydrogen-bond donors (Lipinski definition) is 0. The van der Waals surface area contributed by atoms with Crippen LogP contribution < -0.4 is 0 Å². The molecular weight excluding hydrogens is 281 g/mol. The molecule has 2 aromatic rings. The smallest absolute Gasteiger partial charge is 0.150 e. The Kier molecular flexibility index (Phi) is 4.55. The molecule has 1 aromatic carbocycles. The molecule has 4 nitrogen and oxygen atoms in total. The van der Waals surface area contributed by atoms with Crippen molar-refractivity contribution in [2.45, 2.75) is 26.4 Å². The molecule has 118 valence electrons. The quantitative estimate of drug-likeness (QED) is 0.869. The highest BCUT2D eigenvalue weighted by atomic mass is 19.1. The Morgan fingerprint density at radius 3 is 2.64 bits per heavy atom. The van der Waals surface area contributed by atoms with Gasteiger partial charge < -0.3 is 4.52 Å². The summed E-state index contributed by atoms with van der Waals surface area (Å²) in [6.45, 7) is 8.81. The van der Waals surface area contributed by atoms with Gasteiger partial charge in [-0.1, -0.05) is 17.3 Å². The second-order valence-corrected chi connectivity index (χ2v) is 5.98. The van der Waals surface area contributed by atoms with E-state index in [4.69, 9.17) is 4.52 Å². The first-order valence-corrected chi connectivity index (χ1v) is 7.76. The Hall–Kier alpha value is -1.72. The number of benzene rings is 1. The predicted molar refractivity (Wildman–Crippen MR) is 82.9 cm³/mol. The van der Waals surface area contributed by atoms with E-state index in [-0.39, 0.29) is 11.9 Å². The largest absolute Gasteiger partial charge is 0.360 e. The zero-order valence-corrected chi connectivity index (χ0v) is 13.1. The first-order chi connectivity index (χ1) is 10.6. The molecule has 0 radical (unpaired) electrons. The zero-order chi connectivity index (χ0) is 15.5. The molecule has 2 heterocycles. The fraction of sp³-hybridized carbons (Fsp3) is 0.471. The van der Waals surface area contributed by atoms with Gasteiger partial charge in [0.2, 0.25) is 0 Å². The fourth-order valence-electron chi connectivity index (χ4n) is 3.00. The van der Waals surface area contributed by atoms with Gasteiger partial charge in [0.25, 0.3) is 0 Å². The Balaban J connectivity index is 1.55. The topological polar surface area (TPSA) is 32.5 Å².